The van der Waals surface area contributed by atoms with Gasteiger partial charge in [0, 0.05) is 23.7 Å². The molecule has 2 rings (SSSR count). The Hall–Kier alpha value is -3.33. The number of hydrogen-bond acceptors (Lipinski definition) is 5. The Bertz CT molecular complexity index is 917. The molecule has 0 fully saturated rings. The van der Waals surface area contributed by atoms with Gasteiger partial charge < -0.3 is 15.5 Å². The molecule has 2 amide bonds. The van der Waals surface area contributed by atoms with E-state index in [0.717, 1.165) is 5.56 Å². The average Bonchev–Trinajstić information content (AvgIpc) is 2.65. The number of halogens is 1. The Labute approximate surface area is 167 Å². The molecule has 8 nitrogen and oxygen atoms in total. The molecule has 2 aromatic rings. The summed E-state index contributed by atoms with van der Waals surface area (Å²) in [5, 5.41) is 16.0. The van der Waals surface area contributed by atoms with Crippen LogP contribution in [0.4, 0.5) is 10.1 Å². The first kappa shape index (κ1) is 22.0. The number of hydrogen-bond donors (Lipinski definition) is 2. The van der Waals surface area contributed by atoms with E-state index in [1.54, 1.807) is 12.1 Å². The first-order chi connectivity index (χ1) is 13.7. The minimum atomic E-state index is -0.524. The highest BCUT2D eigenvalue weighted by atomic mass is 19.1. The predicted octanol–water partition coefficient (Wildman–Crippen LogP) is 2.19. The van der Waals surface area contributed by atoms with Crippen LogP contribution < -0.4 is 10.6 Å². The lowest BCUT2D eigenvalue weighted by atomic mass is 10.1. The van der Waals surface area contributed by atoms with Crippen LogP contribution in [0.2, 0.25) is 0 Å². The normalized spacial score (nSPS) is 11.8. The van der Waals surface area contributed by atoms with Crippen molar-refractivity contribution >= 4 is 17.5 Å². The number of nitrogens with one attached hydrogen (secondary N) is 2. The maximum absolute atomic E-state index is 13.5. The number of nitro benzene ring substituents is 1. The molecule has 1 unspecified atom stereocenters. The van der Waals surface area contributed by atoms with Gasteiger partial charge in [0.15, 0.2) is 0 Å². The number of rotatable bonds is 8. The summed E-state index contributed by atoms with van der Waals surface area (Å²) in [4.78, 5) is 36.5. The molecule has 0 aliphatic heterocycles. The molecule has 0 aromatic heterocycles. The van der Waals surface area contributed by atoms with Gasteiger partial charge in [-0.15, -0.1) is 0 Å². The van der Waals surface area contributed by atoms with Crippen molar-refractivity contribution in [2.24, 2.45) is 0 Å². The summed E-state index contributed by atoms with van der Waals surface area (Å²) in [7, 11) is 3.64. The minimum absolute atomic E-state index is 0.0774. The van der Waals surface area contributed by atoms with Crippen molar-refractivity contribution in [2.45, 2.75) is 13.0 Å². The van der Waals surface area contributed by atoms with Gasteiger partial charge in [-0.3, -0.25) is 19.7 Å². The summed E-state index contributed by atoms with van der Waals surface area (Å²) >= 11 is 0. The molecule has 0 saturated heterocycles. The smallest absolute Gasteiger partial charge is 0.272 e. The molecule has 0 bridgehead atoms. The van der Waals surface area contributed by atoms with Gasteiger partial charge in [-0.1, -0.05) is 12.1 Å². The molecule has 0 heterocycles. The van der Waals surface area contributed by atoms with Gasteiger partial charge in [0.25, 0.3) is 11.6 Å². The number of carbonyl (C=O) groups excluding carboxylic acids is 2. The Morgan fingerprint density at radius 2 is 1.90 bits per heavy atom. The van der Waals surface area contributed by atoms with Crippen molar-refractivity contribution in [3.05, 3.63) is 75.1 Å². The van der Waals surface area contributed by atoms with Crippen LogP contribution in [-0.4, -0.2) is 48.8 Å². The van der Waals surface area contributed by atoms with E-state index in [1.165, 1.54) is 37.3 Å². The lowest BCUT2D eigenvalue weighted by Gasteiger charge is -2.25. The van der Waals surface area contributed by atoms with Gasteiger partial charge >= 0.3 is 0 Å². The molecule has 0 aliphatic rings. The number of nitrogens with zero attached hydrogens (tertiary/aromatic N) is 2. The monoisotopic (exact) mass is 402 g/mol. The lowest BCUT2D eigenvalue weighted by Crippen LogP contribution is -2.40. The Morgan fingerprint density at radius 1 is 1.17 bits per heavy atom. The molecule has 2 aromatic carbocycles. The molecular weight excluding hydrogens is 379 g/mol. The van der Waals surface area contributed by atoms with Crippen LogP contribution in [-0.2, 0) is 4.79 Å². The first-order valence-corrected chi connectivity index (χ1v) is 8.91. The van der Waals surface area contributed by atoms with Gasteiger partial charge in [0.05, 0.1) is 17.5 Å². The SMILES string of the molecule is Cc1cc(C(=O)NCC(=O)NCC(c2cccc(F)c2)N(C)C)ccc1[N+](=O)[O-]. The zero-order chi connectivity index (χ0) is 21.6. The van der Waals surface area contributed by atoms with Crippen LogP contribution in [0, 0.1) is 22.9 Å². The summed E-state index contributed by atoms with van der Waals surface area (Å²) < 4.78 is 13.5. The third-order valence-electron chi connectivity index (χ3n) is 4.41. The van der Waals surface area contributed by atoms with E-state index in [2.05, 4.69) is 10.6 Å². The minimum Gasteiger partial charge on any atom is -0.353 e. The van der Waals surface area contributed by atoms with Crippen LogP contribution in [0.3, 0.4) is 0 Å². The summed E-state index contributed by atoms with van der Waals surface area (Å²) in [6.07, 6.45) is 0. The fourth-order valence-corrected chi connectivity index (χ4v) is 2.85. The fourth-order valence-electron chi connectivity index (χ4n) is 2.85. The number of benzene rings is 2. The van der Waals surface area contributed by atoms with Gasteiger partial charge in [-0.05, 0) is 50.8 Å². The Balaban J connectivity index is 1.91. The average molecular weight is 402 g/mol. The van der Waals surface area contributed by atoms with Crippen molar-refractivity contribution in [1.29, 1.82) is 0 Å². The molecular formula is C20H23FN4O4. The standard InChI is InChI=1S/C20H23FN4O4/c1-13-9-15(7-8-17(13)25(28)29)20(27)23-12-19(26)22-11-18(24(2)3)14-5-4-6-16(21)10-14/h4-10,18H,11-12H2,1-3H3,(H,22,26)(H,23,27). The van der Waals surface area contributed by atoms with E-state index in [0.29, 0.717) is 5.56 Å². The van der Waals surface area contributed by atoms with Crippen LogP contribution in [0.1, 0.15) is 27.5 Å². The van der Waals surface area contributed by atoms with Gasteiger partial charge in [0.2, 0.25) is 5.91 Å². The van der Waals surface area contributed by atoms with Crippen molar-refractivity contribution < 1.29 is 18.9 Å². The second kappa shape index (κ2) is 9.74. The summed E-state index contributed by atoms with van der Waals surface area (Å²) in [6, 6.07) is 9.91. The maximum atomic E-state index is 13.5. The highest BCUT2D eigenvalue weighted by molar-refractivity contribution is 5.96. The van der Waals surface area contributed by atoms with Crippen LogP contribution >= 0.6 is 0 Å². The van der Waals surface area contributed by atoms with Crippen molar-refractivity contribution in [3.8, 4) is 0 Å². The quantitative estimate of drug-likeness (QED) is 0.520. The van der Waals surface area contributed by atoms with Gasteiger partial charge in [-0.2, -0.15) is 0 Å². The Morgan fingerprint density at radius 3 is 2.48 bits per heavy atom. The largest absolute Gasteiger partial charge is 0.353 e. The molecule has 2 N–H and O–H groups in total. The number of nitro groups is 1. The molecule has 0 saturated carbocycles. The van der Waals surface area contributed by atoms with Crippen LogP contribution in [0.15, 0.2) is 42.5 Å². The molecule has 9 heteroatoms. The van der Waals surface area contributed by atoms with Crippen molar-refractivity contribution in [1.82, 2.24) is 15.5 Å². The lowest BCUT2D eigenvalue weighted by molar-refractivity contribution is -0.385. The second-order valence-corrected chi connectivity index (χ2v) is 6.78. The molecule has 0 spiro atoms. The third kappa shape index (κ3) is 6.08. The topological polar surface area (TPSA) is 105 Å². The summed E-state index contributed by atoms with van der Waals surface area (Å²) in [5.74, 6) is -1.26. The van der Waals surface area contributed by atoms with Crippen molar-refractivity contribution in [2.75, 3.05) is 27.2 Å². The second-order valence-electron chi connectivity index (χ2n) is 6.78. The number of likely N-dealkylation sites (N-methyl/N-ethyl adjacent to an activating group) is 1. The van der Waals surface area contributed by atoms with E-state index in [4.69, 9.17) is 0 Å². The van der Waals surface area contributed by atoms with Crippen molar-refractivity contribution in [3.63, 3.8) is 0 Å². The Kier molecular flexibility index (Phi) is 7.38. The predicted molar refractivity (Wildman–Crippen MR) is 106 cm³/mol. The first-order valence-electron chi connectivity index (χ1n) is 8.91. The number of carbonyl (C=O) groups is 2. The van der Waals surface area contributed by atoms with E-state index < -0.39 is 16.7 Å². The van der Waals surface area contributed by atoms with E-state index in [-0.39, 0.29) is 36.2 Å². The highest BCUT2D eigenvalue weighted by Crippen LogP contribution is 2.19. The van der Waals surface area contributed by atoms with Gasteiger partial charge in [-0.25, -0.2) is 4.39 Å². The molecule has 0 aliphatic carbocycles. The zero-order valence-corrected chi connectivity index (χ0v) is 16.4. The zero-order valence-electron chi connectivity index (χ0n) is 16.4. The molecule has 1 atom stereocenters. The summed E-state index contributed by atoms with van der Waals surface area (Å²) in [6.45, 7) is 1.52. The maximum Gasteiger partial charge on any atom is 0.272 e. The van der Waals surface area contributed by atoms with E-state index >= 15 is 0 Å². The fraction of sp³-hybridized carbons (Fsp3) is 0.300. The van der Waals surface area contributed by atoms with Gasteiger partial charge in [0.1, 0.15) is 5.82 Å². The van der Waals surface area contributed by atoms with E-state index in [1.807, 2.05) is 19.0 Å². The molecule has 154 valence electrons. The molecule has 0 radical (unpaired) electrons. The van der Waals surface area contributed by atoms with Crippen LogP contribution in [0.25, 0.3) is 0 Å². The van der Waals surface area contributed by atoms with Crippen LogP contribution in [0.5, 0.6) is 0 Å². The van der Waals surface area contributed by atoms with E-state index in [9.17, 15) is 24.1 Å². The number of amides is 2. The summed E-state index contributed by atoms with van der Waals surface area (Å²) in [5.41, 5.74) is 1.23. The highest BCUT2D eigenvalue weighted by Gasteiger charge is 2.17. The number of aryl methyl sites for hydroxylation is 1. The molecule has 29 heavy (non-hydrogen) atoms. The third-order valence-corrected chi connectivity index (χ3v) is 4.41.